The quantitative estimate of drug-likeness (QED) is 0.858. The maximum atomic E-state index is 13.1. The van der Waals surface area contributed by atoms with E-state index in [2.05, 4.69) is 4.90 Å². The van der Waals surface area contributed by atoms with E-state index < -0.39 is 0 Å². The van der Waals surface area contributed by atoms with Crippen LogP contribution in [0.2, 0.25) is 0 Å². The summed E-state index contributed by atoms with van der Waals surface area (Å²) in [5.41, 5.74) is 2.67. The Balaban J connectivity index is 2.08. The van der Waals surface area contributed by atoms with Crippen molar-refractivity contribution in [2.24, 2.45) is 0 Å². The minimum absolute atomic E-state index is 0.000574. The predicted octanol–water partition coefficient (Wildman–Crippen LogP) is 2.84. The number of anilines is 1. The van der Waals surface area contributed by atoms with Gasteiger partial charge in [0.15, 0.2) is 11.5 Å². The van der Waals surface area contributed by atoms with E-state index in [1.54, 1.807) is 14.2 Å². The van der Waals surface area contributed by atoms with E-state index in [4.69, 9.17) is 9.47 Å². The number of hydrogen-bond acceptors (Lipinski definition) is 4. The zero-order valence-electron chi connectivity index (χ0n) is 15.2. The molecule has 1 aliphatic heterocycles. The van der Waals surface area contributed by atoms with Crippen molar-refractivity contribution >= 4 is 11.6 Å². The second-order valence-corrected chi connectivity index (χ2v) is 6.44. The fourth-order valence-corrected chi connectivity index (χ4v) is 3.23. The normalized spacial score (nSPS) is 16.5. The summed E-state index contributed by atoms with van der Waals surface area (Å²) in [4.78, 5) is 17.1. The van der Waals surface area contributed by atoms with E-state index >= 15 is 0 Å². The standard InChI is InChI=1S/C20H24N2O3/c1-21(2)16-10-15-11-18(24-3)19(25-4)12-17(15)22(13-16)20(23)14-8-6-5-7-9-14/h5-9,11-12,16H,10,13H2,1-4H3. The van der Waals surface area contributed by atoms with Gasteiger partial charge in [-0.3, -0.25) is 4.79 Å². The fraction of sp³-hybridized carbons (Fsp3) is 0.350. The first-order valence-corrected chi connectivity index (χ1v) is 8.33. The second kappa shape index (κ2) is 7.15. The molecular weight excluding hydrogens is 316 g/mol. The van der Waals surface area contributed by atoms with Gasteiger partial charge in [-0.1, -0.05) is 18.2 Å². The molecular formula is C20H24N2O3. The van der Waals surface area contributed by atoms with Crippen LogP contribution in [-0.4, -0.2) is 51.7 Å². The van der Waals surface area contributed by atoms with E-state index in [9.17, 15) is 4.79 Å². The topological polar surface area (TPSA) is 42.0 Å². The summed E-state index contributed by atoms with van der Waals surface area (Å²) in [6.07, 6.45) is 0.862. The van der Waals surface area contributed by atoms with E-state index in [1.807, 2.05) is 61.5 Å². The molecule has 1 aliphatic rings. The van der Waals surface area contributed by atoms with Crippen LogP contribution in [0.3, 0.4) is 0 Å². The molecule has 1 heterocycles. The fourth-order valence-electron chi connectivity index (χ4n) is 3.23. The molecule has 25 heavy (non-hydrogen) atoms. The highest BCUT2D eigenvalue weighted by Gasteiger charge is 2.31. The molecule has 0 aliphatic carbocycles. The molecule has 5 nitrogen and oxygen atoms in total. The van der Waals surface area contributed by atoms with Gasteiger partial charge in [0.1, 0.15) is 0 Å². The van der Waals surface area contributed by atoms with Crippen LogP contribution < -0.4 is 14.4 Å². The maximum Gasteiger partial charge on any atom is 0.258 e. The van der Waals surface area contributed by atoms with Crippen LogP contribution >= 0.6 is 0 Å². The molecule has 0 saturated carbocycles. The maximum absolute atomic E-state index is 13.1. The molecule has 132 valence electrons. The predicted molar refractivity (Wildman–Crippen MR) is 98.8 cm³/mol. The van der Waals surface area contributed by atoms with Gasteiger partial charge in [-0.15, -0.1) is 0 Å². The first kappa shape index (κ1) is 17.3. The van der Waals surface area contributed by atoms with Crippen LogP contribution in [0.15, 0.2) is 42.5 Å². The van der Waals surface area contributed by atoms with E-state index in [-0.39, 0.29) is 11.9 Å². The highest BCUT2D eigenvalue weighted by Crippen LogP contribution is 2.39. The minimum Gasteiger partial charge on any atom is -0.493 e. The highest BCUT2D eigenvalue weighted by atomic mass is 16.5. The number of carbonyl (C=O) groups excluding carboxylic acids is 1. The summed E-state index contributed by atoms with van der Waals surface area (Å²) >= 11 is 0. The van der Waals surface area contributed by atoms with E-state index in [0.717, 1.165) is 17.7 Å². The molecule has 2 aromatic carbocycles. The van der Waals surface area contributed by atoms with Crippen molar-refractivity contribution in [1.29, 1.82) is 0 Å². The average Bonchev–Trinajstić information content (AvgIpc) is 2.65. The van der Waals surface area contributed by atoms with Gasteiger partial charge in [-0.05, 0) is 44.3 Å². The molecule has 0 aromatic heterocycles. The molecule has 5 heteroatoms. The highest BCUT2D eigenvalue weighted by molar-refractivity contribution is 6.07. The van der Waals surface area contributed by atoms with Gasteiger partial charge in [0.2, 0.25) is 0 Å². The zero-order valence-corrected chi connectivity index (χ0v) is 15.2. The summed E-state index contributed by atoms with van der Waals surface area (Å²) in [6, 6.07) is 13.5. The van der Waals surface area contributed by atoms with Crippen LogP contribution in [0.1, 0.15) is 15.9 Å². The number of methoxy groups -OCH3 is 2. The molecule has 3 rings (SSSR count). The number of hydrogen-bond donors (Lipinski definition) is 0. The molecule has 1 amide bonds. The molecule has 0 fully saturated rings. The largest absolute Gasteiger partial charge is 0.493 e. The Bertz CT molecular complexity index is 759. The third-order valence-corrected chi connectivity index (χ3v) is 4.72. The van der Waals surface area contributed by atoms with Gasteiger partial charge in [0, 0.05) is 24.2 Å². The molecule has 0 saturated heterocycles. The lowest BCUT2D eigenvalue weighted by molar-refractivity contribution is 0.0976. The third kappa shape index (κ3) is 3.33. The summed E-state index contributed by atoms with van der Waals surface area (Å²) in [7, 11) is 7.33. The Labute approximate surface area is 148 Å². The number of ether oxygens (including phenoxy) is 2. The van der Waals surface area contributed by atoms with Crippen LogP contribution in [0.5, 0.6) is 11.5 Å². The molecule has 0 spiro atoms. The van der Waals surface area contributed by atoms with Crippen molar-refractivity contribution in [2.75, 3.05) is 39.8 Å². The van der Waals surface area contributed by atoms with Crippen molar-refractivity contribution in [1.82, 2.24) is 4.90 Å². The lowest BCUT2D eigenvalue weighted by Gasteiger charge is -2.38. The van der Waals surface area contributed by atoms with E-state index in [1.165, 1.54) is 0 Å². The summed E-state index contributed by atoms with van der Waals surface area (Å²) in [5, 5.41) is 0. The number of carbonyl (C=O) groups is 1. The molecule has 0 radical (unpaired) electrons. The van der Waals surface area contributed by atoms with Gasteiger partial charge in [0.25, 0.3) is 5.91 Å². The Kier molecular flexibility index (Phi) is 4.95. The van der Waals surface area contributed by atoms with Crippen LogP contribution in [0.4, 0.5) is 5.69 Å². The molecule has 1 unspecified atom stereocenters. The zero-order chi connectivity index (χ0) is 18.0. The minimum atomic E-state index is 0.000574. The van der Waals surface area contributed by atoms with Crippen molar-refractivity contribution in [3.63, 3.8) is 0 Å². The third-order valence-electron chi connectivity index (χ3n) is 4.72. The van der Waals surface area contributed by atoms with E-state index in [0.29, 0.717) is 23.6 Å². The molecule has 1 atom stereocenters. The summed E-state index contributed by atoms with van der Waals surface area (Å²) in [6.45, 7) is 0.642. The number of fused-ring (bicyclic) bond motifs is 1. The number of amides is 1. The second-order valence-electron chi connectivity index (χ2n) is 6.44. The number of nitrogens with zero attached hydrogens (tertiary/aromatic N) is 2. The lowest BCUT2D eigenvalue weighted by Crippen LogP contribution is -2.48. The Morgan fingerprint density at radius 3 is 2.32 bits per heavy atom. The van der Waals surface area contributed by atoms with Crippen molar-refractivity contribution < 1.29 is 14.3 Å². The van der Waals surface area contributed by atoms with Crippen molar-refractivity contribution in [2.45, 2.75) is 12.5 Å². The van der Waals surface area contributed by atoms with Gasteiger partial charge in [0.05, 0.1) is 19.9 Å². The lowest BCUT2D eigenvalue weighted by atomic mass is 9.95. The number of rotatable bonds is 4. The number of benzene rings is 2. The van der Waals surface area contributed by atoms with Crippen LogP contribution in [-0.2, 0) is 6.42 Å². The van der Waals surface area contributed by atoms with Crippen molar-refractivity contribution in [3.05, 3.63) is 53.6 Å². The Morgan fingerprint density at radius 1 is 1.08 bits per heavy atom. The average molecular weight is 340 g/mol. The first-order chi connectivity index (χ1) is 12.0. The van der Waals surface area contributed by atoms with Gasteiger partial charge >= 0.3 is 0 Å². The number of likely N-dealkylation sites (N-methyl/N-ethyl adjacent to an activating group) is 1. The SMILES string of the molecule is COc1cc2c(cc1OC)N(C(=O)c1ccccc1)CC(N(C)C)C2. The Morgan fingerprint density at radius 2 is 1.72 bits per heavy atom. The summed E-state index contributed by atoms with van der Waals surface area (Å²) in [5.74, 6) is 1.32. The monoisotopic (exact) mass is 340 g/mol. The first-order valence-electron chi connectivity index (χ1n) is 8.33. The van der Waals surface area contributed by atoms with Crippen LogP contribution in [0.25, 0.3) is 0 Å². The molecule has 2 aromatic rings. The smallest absolute Gasteiger partial charge is 0.258 e. The van der Waals surface area contributed by atoms with Gasteiger partial charge in [-0.2, -0.15) is 0 Å². The van der Waals surface area contributed by atoms with Gasteiger partial charge < -0.3 is 19.3 Å². The Hall–Kier alpha value is -2.53. The van der Waals surface area contributed by atoms with Crippen LogP contribution in [0, 0.1) is 0 Å². The van der Waals surface area contributed by atoms with Gasteiger partial charge in [-0.25, -0.2) is 0 Å². The summed E-state index contributed by atoms with van der Waals surface area (Å²) < 4.78 is 10.9. The van der Waals surface area contributed by atoms with Crippen molar-refractivity contribution in [3.8, 4) is 11.5 Å². The molecule has 0 N–H and O–H groups in total. The molecule has 0 bridgehead atoms.